The summed E-state index contributed by atoms with van der Waals surface area (Å²) in [5.74, 6) is -1.12. The highest BCUT2D eigenvalue weighted by molar-refractivity contribution is 7.82. The van der Waals surface area contributed by atoms with Crippen molar-refractivity contribution in [2.75, 3.05) is 32.8 Å². The largest absolute Gasteiger partial charge is 0.493 e. The summed E-state index contributed by atoms with van der Waals surface area (Å²) in [7, 11) is -4.26. The van der Waals surface area contributed by atoms with Crippen molar-refractivity contribution in [2.45, 2.75) is 4.90 Å². The summed E-state index contributed by atoms with van der Waals surface area (Å²) in [6.07, 6.45) is 0. The number of rotatable bonds is 10. The van der Waals surface area contributed by atoms with E-state index >= 15 is 0 Å². The summed E-state index contributed by atoms with van der Waals surface area (Å²) in [5, 5.41) is 12.1. The highest BCUT2D eigenvalue weighted by atomic mass is 35.5. The molecular weight excluding hydrogens is 531 g/mol. The van der Waals surface area contributed by atoms with Crippen LogP contribution in [0.15, 0.2) is 41.3 Å². The van der Waals surface area contributed by atoms with Gasteiger partial charge in [0, 0.05) is 36.1 Å². The molecule has 14 heteroatoms. The van der Waals surface area contributed by atoms with E-state index in [1.807, 2.05) is 0 Å². The molecule has 1 amide bonds. The van der Waals surface area contributed by atoms with Crippen molar-refractivity contribution in [1.82, 2.24) is 9.62 Å². The molecule has 0 radical (unpaired) electrons. The summed E-state index contributed by atoms with van der Waals surface area (Å²) in [4.78, 5) is 29.9. The molecule has 2 aromatic carbocycles. The van der Waals surface area contributed by atoms with Gasteiger partial charge in [-0.1, -0.05) is 23.2 Å². The third-order valence-corrected chi connectivity index (χ3v) is 7.40. The average molecular weight is 550 g/mol. The molecule has 0 saturated carbocycles. The number of hydrogen-bond donors (Lipinski definition) is 3. The van der Waals surface area contributed by atoms with E-state index in [2.05, 4.69) is 9.84 Å². The number of halogens is 3. The first kappa shape index (κ1) is 26.7. The maximum atomic E-state index is 13.9. The SMILES string of the molecule is N#Cc1ccc(OCC2(CNC(=O)COP(O)O)CN(S(=O)c3ccc(Cl)cc3Cl)C2)cc1F. The Morgan fingerprint density at radius 3 is 2.65 bits per heavy atom. The molecule has 0 spiro atoms. The fourth-order valence-electron chi connectivity index (χ4n) is 3.20. The van der Waals surface area contributed by atoms with Crippen LogP contribution in [-0.4, -0.2) is 57.1 Å². The molecule has 2 aromatic rings. The molecule has 1 aliphatic rings. The number of benzene rings is 2. The van der Waals surface area contributed by atoms with Gasteiger partial charge < -0.3 is 24.4 Å². The van der Waals surface area contributed by atoms with Gasteiger partial charge in [0.05, 0.1) is 22.1 Å². The molecule has 1 saturated heterocycles. The van der Waals surface area contributed by atoms with Gasteiger partial charge in [-0.05, 0) is 30.3 Å². The van der Waals surface area contributed by atoms with Crippen LogP contribution in [0.3, 0.4) is 0 Å². The normalized spacial score (nSPS) is 15.9. The summed E-state index contributed by atoms with van der Waals surface area (Å²) in [6.45, 7) is 0.0574. The molecule has 1 aliphatic heterocycles. The zero-order chi connectivity index (χ0) is 24.9. The Hall–Kier alpha value is -1.87. The number of hydrogen-bond acceptors (Lipinski definition) is 7. The van der Waals surface area contributed by atoms with Crippen molar-refractivity contribution in [2.24, 2.45) is 5.41 Å². The van der Waals surface area contributed by atoms with E-state index < -0.39 is 43.3 Å². The molecule has 1 atom stereocenters. The van der Waals surface area contributed by atoms with Crippen LogP contribution in [0.4, 0.5) is 4.39 Å². The van der Waals surface area contributed by atoms with Crippen molar-refractivity contribution >= 4 is 48.7 Å². The lowest BCUT2D eigenvalue weighted by Crippen LogP contribution is -2.63. The van der Waals surface area contributed by atoms with Gasteiger partial charge in [-0.15, -0.1) is 0 Å². The summed E-state index contributed by atoms with van der Waals surface area (Å²) >= 11 is 12.1. The molecule has 0 aliphatic carbocycles. The second-order valence-corrected chi connectivity index (χ2v) is 10.5. The number of ether oxygens (including phenoxy) is 1. The van der Waals surface area contributed by atoms with Gasteiger partial charge in [0.15, 0.2) is 0 Å². The Bertz CT molecular complexity index is 1130. The lowest BCUT2D eigenvalue weighted by Gasteiger charge is -2.48. The van der Waals surface area contributed by atoms with E-state index in [-0.39, 0.29) is 42.6 Å². The molecule has 1 heterocycles. The molecule has 0 aromatic heterocycles. The lowest BCUT2D eigenvalue weighted by molar-refractivity contribution is -0.124. The number of nitrogens with one attached hydrogen (secondary N) is 1. The van der Waals surface area contributed by atoms with E-state index in [4.69, 9.17) is 43.0 Å². The summed E-state index contributed by atoms with van der Waals surface area (Å²) in [5.41, 5.74) is -0.815. The number of carbonyl (C=O) groups is 1. The standard InChI is InChI=1S/C20H19Cl2FN3O6PS/c21-14-2-4-18(16(22)5-14)34(30)26-10-20(11-26,9-25-19(27)8-32-33(28)29)12-31-15-3-1-13(7-24)17(23)6-15/h1-6,28-29H,8-12H2,(H,25,27). The zero-order valence-electron chi connectivity index (χ0n) is 17.4. The Morgan fingerprint density at radius 1 is 1.29 bits per heavy atom. The third kappa shape index (κ3) is 6.84. The van der Waals surface area contributed by atoms with Crippen LogP contribution in [0.25, 0.3) is 0 Å². The summed E-state index contributed by atoms with van der Waals surface area (Å²) < 4.78 is 38.7. The smallest absolute Gasteiger partial charge is 0.327 e. The van der Waals surface area contributed by atoms with Crippen molar-refractivity contribution in [3.63, 3.8) is 0 Å². The Balaban J connectivity index is 1.69. The van der Waals surface area contributed by atoms with Crippen LogP contribution in [-0.2, 0) is 20.3 Å². The minimum atomic E-state index is -2.67. The van der Waals surface area contributed by atoms with Crippen molar-refractivity contribution in [1.29, 1.82) is 5.26 Å². The molecule has 1 unspecified atom stereocenters. The third-order valence-electron chi connectivity index (χ3n) is 4.92. The van der Waals surface area contributed by atoms with Gasteiger partial charge in [0.1, 0.15) is 35.2 Å². The fraction of sp³-hybridized carbons (Fsp3) is 0.300. The number of nitrogens with zero attached hydrogens (tertiary/aromatic N) is 2. The first-order valence-corrected chi connectivity index (χ1v) is 12.7. The highest BCUT2D eigenvalue weighted by Gasteiger charge is 2.47. The molecular formula is C20H19Cl2FN3O6PS. The monoisotopic (exact) mass is 549 g/mol. The van der Waals surface area contributed by atoms with Crippen LogP contribution >= 0.6 is 31.8 Å². The molecule has 1 fully saturated rings. The van der Waals surface area contributed by atoms with Crippen molar-refractivity contribution in [3.05, 3.63) is 57.8 Å². The average Bonchev–Trinajstić information content (AvgIpc) is 2.76. The lowest BCUT2D eigenvalue weighted by atomic mass is 9.82. The second-order valence-electron chi connectivity index (χ2n) is 7.47. The van der Waals surface area contributed by atoms with Crippen molar-refractivity contribution in [3.8, 4) is 11.8 Å². The number of amides is 1. The first-order chi connectivity index (χ1) is 16.1. The van der Waals surface area contributed by atoms with Crippen LogP contribution < -0.4 is 10.1 Å². The quantitative estimate of drug-likeness (QED) is 0.388. The predicted molar refractivity (Wildman–Crippen MR) is 124 cm³/mol. The van der Waals surface area contributed by atoms with Crippen molar-refractivity contribution < 1.29 is 32.4 Å². The fourth-order valence-corrected chi connectivity index (χ4v) is 5.51. The van der Waals surface area contributed by atoms with Gasteiger partial charge in [-0.2, -0.15) is 5.26 Å². The van der Waals surface area contributed by atoms with Gasteiger partial charge >= 0.3 is 8.60 Å². The Morgan fingerprint density at radius 2 is 2.03 bits per heavy atom. The molecule has 3 rings (SSSR count). The molecule has 34 heavy (non-hydrogen) atoms. The Kier molecular flexibility index (Phi) is 9.20. The molecule has 3 N–H and O–H groups in total. The van der Waals surface area contributed by atoms with E-state index in [0.717, 1.165) is 6.07 Å². The minimum Gasteiger partial charge on any atom is -0.493 e. The van der Waals surface area contributed by atoms with Gasteiger partial charge in [-0.25, -0.2) is 12.9 Å². The Labute approximate surface area is 208 Å². The van der Waals surface area contributed by atoms with E-state index in [9.17, 15) is 13.4 Å². The van der Waals surface area contributed by atoms with Crippen LogP contribution in [0.1, 0.15) is 5.56 Å². The topological polar surface area (TPSA) is 132 Å². The molecule has 0 bridgehead atoms. The van der Waals surface area contributed by atoms with Crippen LogP contribution in [0, 0.1) is 22.6 Å². The van der Waals surface area contributed by atoms with E-state index in [1.54, 1.807) is 22.5 Å². The van der Waals surface area contributed by atoms with Crippen LogP contribution in [0.5, 0.6) is 5.75 Å². The predicted octanol–water partition coefficient (Wildman–Crippen LogP) is 2.75. The molecule has 182 valence electrons. The minimum absolute atomic E-state index is 0.0359. The van der Waals surface area contributed by atoms with Gasteiger partial charge in [0.25, 0.3) is 0 Å². The van der Waals surface area contributed by atoms with E-state index in [1.165, 1.54) is 18.2 Å². The zero-order valence-corrected chi connectivity index (χ0v) is 20.6. The van der Waals surface area contributed by atoms with Gasteiger partial charge in [0.2, 0.25) is 5.91 Å². The highest BCUT2D eigenvalue weighted by Crippen LogP contribution is 2.36. The first-order valence-electron chi connectivity index (χ1n) is 9.64. The maximum Gasteiger partial charge on any atom is 0.327 e. The second kappa shape index (κ2) is 11.7. The number of nitriles is 1. The number of carbonyl (C=O) groups excluding carboxylic acids is 1. The van der Waals surface area contributed by atoms with E-state index in [0.29, 0.717) is 9.92 Å². The summed E-state index contributed by atoms with van der Waals surface area (Å²) in [6, 6.07) is 10.2. The maximum absolute atomic E-state index is 13.9. The van der Waals surface area contributed by atoms with Crippen LogP contribution in [0.2, 0.25) is 10.0 Å². The molecule has 9 nitrogen and oxygen atoms in total. The van der Waals surface area contributed by atoms with Gasteiger partial charge in [-0.3, -0.25) is 4.79 Å².